The van der Waals surface area contributed by atoms with Crippen molar-refractivity contribution in [2.45, 2.75) is 37.6 Å². The van der Waals surface area contributed by atoms with E-state index < -0.39 is 94.9 Å². The lowest BCUT2D eigenvalue weighted by Gasteiger charge is -2.42. The summed E-state index contributed by atoms with van der Waals surface area (Å²) in [5, 5.41) is 77.9. The van der Waals surface area contributed by atoms with Crippen LogP contribution in [0.15, 0.2) is 24.3 Å². The Kier molecular flexibility index (Phi) is 7.94. The number of rotatable bonds is 7. The number of phenolic OH excluding ortho intramolecular Hbond substituents is 6. The molecule has 1 heterocycles. The van der Waals surface area contributed by atoms with Gasteiger partial charge in [-0.25, -0.2) is 9.59 Å². The highest BCUT2D eigenvalue weighted by atomic mass is 16.7. The molecule has 1 aliphatic rings. The minimum Gasteiger partial charge on any atom is -0.504 e. The monoisotopic (exact) mass is 512 g/mol. The molecule has 0 spiro atoms. The highest BCUT2D eigenvalue weighted by molar-refractivity contribution is 5.92. The molecule has 196 valence electrons. The molecule has 0 aromatic heterocycles. The van der Waals surface area contributed by atoms with Crippen LogP contribution in [-0.4, -0.2) is 96.7 Å². The van der Waals surface area contributed by atoms with Gasteiger partial charge in [-0.3, -0.25) is 0 Å². The van der Waals surface area contributed by atoms with Crippen LogP contribution >= 0.6 is 0 Å². The number of benzene rings is 2. The van der Waals surface area contributed by atoms with Crippen LogP contribution in [0.3, 0.4) is 0 Å². The zero-order valence-corrected chi connectivity index (χ0v) is 18.6. The van der Waals surface area contributed by atoms with Crippen LogP contribution in [0.1, 0.15) is 27.6 Å². The largest absolute Gasteiger partial charge is 0.504 e. The number of aromatic hydroxyl groups is 6. The molecule has 5 atom stereocenters. The standard InChI is InChI=1S/C22H24O14/c1-2-33-22-19(36-21(32)9-5-12(26)16(29)13(27)6-9)18(17(30)14(7-23)34-22)35-20(31)8-3-10(24)15(28)11(25)4-8/h3-6,14,17-19,22-30H,2,7H2,1H3/t14-,17-,18+,19-,22+/m1/s1. The molecular formula is C22H24O14. The van der Waals surface area contributed by atoms with E-state index in [-0.39, 0.29) is 6.61 Å². The van der Waals surface area contributed by atoms with Gasteiger partial charge in [0.2, 0.25) is 0 Å². The Morgan fingerprint density at radius 2 is 1.22 bits per heavy atom. The molecule has 0 amide bonds. The number of hydrogen-bond donors (Lipinski definition) is 8. The fourth-order valence-corrected chi connectivity index (χ4v) is 3.43. The van der Waals surface area contributed by atoms with Crippen LogP contribution in [0.2, 0.25) is 0 Å². The first-order chi connectivity index (χ1) is 17.0. The molecule has 3 rings (SSSR count). The van der Waals surface area contributed by atoms with Crippen molar-refractivity contribution in [1.82, 2.24) is 0 Å². The zero-order valence-electron chi connectivity index (χ0n) is 18.6. The number of aliphatic hydroxyl groups excluding tert-OH is 2. The average Bonchev–Trinajstić information content (AvgIpc) is 2.83. The number of ether oxygens (including phenoxy) is 4. The Balaban J connectivity index is 1.95. The first kappa shape index (κ1) is 26.6. The van der Waals surface area contributed by atoms with E-state index in [2.05, 4.69) is 0 Å². The van der Waals surface area contributed by atoms with Gasteiger partial charge >= 0.3 is 11.9 Å². The van der Waals surface area contributed by atoms with E-state index in [4.69, 9.17) is 18.9 Å². The van der Waals surface area contributed by atoms with Crippen LogP contribution < -0.4 is 0 Å². The number of carbonyl (C=O) groups excluding carboxylic acids is 2. The highest BCUT2D eigenvalue weighted by Crippen LogP contribution is 2.37. The Labute approximate surface area is 202 Å². The third-order valence-corrected chi connectivity index (χ3v) is 5.23. The fourth-order valence-electron chi connectivity index (χ4n) is 3.43. The molecule has 0 aliphatic carbocycles. The summed E-state index contributed by atoms with van der Waals surface area (Å²) in [6.07, 6.45) is -8.00. The quantitative estimate of drug-likeness (QED) is 0.177. The second kappa shape index (κ2) is 10.7. The van der Waals surface area contributed by atoms with Gasteiger partial charge < -0.3 is 59.8 Å². The minimum atomic E-state index is -1.77. The van der Waals surface area contributed by atoms with Gasteiger partial charge in [0.15, 0.2) is 53.0 Å². The smallest absolute Gasteiger partial charge is 0.339 e. The maximum atomic E-state index is 12.8. The molecule has 1 aliphatic heterocycles. The fraction of sp³-hybridized carbons (Fsp3) is 0.364. The number of hydrogen-bond acceptors (Lipinski definition) is 14. The Bertz CT molecular complexity index is 1010. The maximum Gasteiger partial charge on any atom is 0.339 e. The second-order valence-electron chi connectivity index (χ2n) is 7.64. The predicted octanol–water partition coefficient (Wildman–Crippen LogP) is -0.214. The summed E-state index contributed by atoms with van der Waals surface area (Å²) in [6.45, 7) is 0.800. The first-order valence-corrected chi connectivity index (χ1v) is 10.5. The van der Waals surface area contributed by atoms with E-state index in [0.29, 0.717) is 0 Å². The summed E-state index contributed by atoms with van der Waals surface area (Å²) in [5.74, 6) is -7.57. The molecule has 14 nitrogen and oxygen atoms in total. The van der Waals surface area contributed by atoms with Gasteiger partial charge in [0, 0.05) is 6.61 Å². The summed E-state index contributed by atoms with van der Waals surface area (Å²) >= 11 is 0. The first-order valence-electron chi connectivity index (χ1n) is 10.5. The van der Waals surface area contributed by atoms with Crippen molar-refractivity contribution in [1.29, 1.82) is 0 Å². The van der Waals surface area contributed by atoms with Gasteiger partial charge in [-0.05, 0) is 31.2 Å². The molecule has 0 radical (unpaired) electrons. The van der Waals surface area contributed by atoms with Gasteiger partial charge in [-0.15, -0.1) is 0 Å². The van der Waals surface area contributed by atoms with Crippen molar-refractivity contribution >= 4 is 11.9 Å². The van der Waals surface area contributed by atoms with Crippen molar-refractivity contribution in [3.8, 4) is 34.5 Å². The van der Waals surface area contributed by atoms with E-state index in [1.807, 2.05) is 0 Å². The van der Waals surface area contributed by atoms with Crippen molar-refractivity contribution in [2.24, 2.45) is 0 Å². The van der Waals surface area contributed by atoms with Crippen LogP contribution in [0.5, 0.6) is 34.5 Å². The number of carbonyl (C=O) groups is 2. The van der Waals surface area contributed by atoms with E-state index >= 15 is 0 Å². The summed E-state index contributed by atoms with van der Waals surface area (Å²) in [6, 6.07) is 3.12. The van der Waals surface area contributed by atoms with E-state index in [0.717, 1.165) is 24.3 Å². The Morgan fingerprint density at radius 1 is 0.806 bits per heavy atom. The topological polar surface area (TPSA) is 233 Å². The number of phenols is 6. The predicted molar refractivity (Wildman–Crippen MR) is 115 cm³/mol. The average molecular weight is 512 g/mol. The third kappa shape index (κ3) is 5.31. The molecule has 0 unspecified atom stereocenters. The highest BCUT2D eigenvalue weighted by Gasteiger charge is 2.50. The third-order valence-electron chi connectivity index (χ3n) is 5.23. The van der Waals surface area contributed by atoms with E-state index in [1.54, 1.807) is 6.92 Å². The van der Waals surface area contributed by atoms with Gasteiger partial charge in [0.1, 0.15) is 12.2 Å². The van der Waals surface area contributed by atoms with Crippen LogP contribution in [0, 0.1) is 0 Å². The molecule has 8 N–H and O–H groups in total. The number of aliphatic hydroxyl groups is 2. The van der Waals surface area contributed by atoms with Gasteiger partial charge in [0.25, 0.3) is 0 Å². The summed E-state index contributed by atoms with van der Waals surface area (Å²) in [4.78, 5) is 25.5. The second-order valence-corrected chi connectivity index (χ2v) is 7.64. The van der Waals surface area contributed by atoms with Crippen LogP contribution in [0.4, 0.5) is 0 Å². The lowest BCUT2D eigenvalue weighted by molar-refractivity contribution is -0.298. The minimum absolute atomic E-state index is 0.00583. The lowest BCUT2D eigenvalue weighted by atomic mass is 9.98. The molecule has 1 fully saturated rings. The molecule has 1 saturated heterocycles. The molecule has 2 aromatic carbocycles. The number of esters is 2. The van der Waals surface area contributed by atoms with Gasteiger partial charge in [0.05, 0.1) is 17.7 Å². The summed E-state index contributed by atoms with van der Waals surface area (Å²) in [7, 11) is 0. The summed E-state index contributed by atoms with van der Waals surface area (Å²) < 4.78 is 21.4. The molecule has 0 saturated carbocycles. The summed E-state index contributed by atoms with van der Waals surface area (Å²) in [5.41, 5.74) is -0.885. The van der Waals surface area contributed by atoms with Crippen LogP contribution in [0.25, 0.3) is 0 Å². The van der Waals surface area contributed by atoms with Gasteiger partial charge in [-0.2, -0.15) is 0 Å². The van der Waals surface area contributed by atoms with Crippen molar-refractivity contribution < 1.29 is 69.4 Å². The molecule has 2 aromatic rings. The van der Waals surface area contributed by atoms with Crippen molar-refractivity contribution in [3.63, 3.8) is 0 Å². The zero-order chi connectivity index (χ0) is 26.7. The molecule has 0 bridgehead atoms. The molecular weight excluding hydrogens is 488 g/mol. The SMILES string of the molecule is CCO[C@H]1O[C@H](CO)[C@@H](O)[C@H](OC(=O)c2cc(O)c(O)c(O)c2)[C@H]1OC(=O)c1cc(O)c(O)c(O)c1. The van der Waals surface area contributed by atoms with Crippen molar-refractivity contribution in [3.05, 3.63) is 35.4 Å². The van der Waals surface area contributed by atoms with Crippen molar-refractivity contribution in [2.75, 3.05) is 13.2 Å². The van der Waals surface area contributed by atoms with E-state index in [9.17, 15) is 50.4 Å². The lowest BCUT2D eigenvalue weighted by Crippen LogP contribution is -2.61. The molecule has 14 heteroatoms. The Hall–Kier alpha value is -3.98. The maximum absolute atomic E-state index is 12.8. The van der Waals surface area contributed by atoms with E-state index in [1.165, 1.54) is 0 Å². The molecule has 36 heavy (non-hydrogen) atoms. The van der Waals surface area contributed by atoms with Gasteiger partial charge in [-0.1, -0.05) is 0 Å². The Morgan fingerprint density at radius 3 is 1.61 bits per heavy atom. The van der Waals surface area contributed by atoms with Crippen LogP contribution in [-0.2, 0) is 18.9 Å². The normalized spacial score (nSPS) is 23.7.